The lowest BCUT2D eigenvalue weighted by atomic mass is 9.79. The molecule has 0 bridgehead atoms. The molecule has 5 heteroatoms. The second-order valence-electron chi connectivity index (χ2n) is 6.66. The fraction of sp³-hybridized carbons (Fsp3) is 0.750. The highest BCUT2D eigenvalue weighted by atomic mass is 16.6. The SMILES string of the molecule is COC/C=C(/CC1(C(=O)O)CCCC1)C(=O)OC(C)(C)C. The molecule has 0 atom stereocenters. The van der Waals surface area contributed by atoms with Gasteiger partial charge in [0.15, 0.2) is 0 Å². The van der Waals surface area contributed by atoms with Crippen molar-refractivity contribution in [3.05, 3.63) is 11.6 Å². The Morgan fingerprint density at radius 3 is 2.24 bits per heavy atom. The molecule has 0 spiro atoms. The summed E-state index contributed by atoms with van der Waals surface area (Å²) in [6.45, 7) is 5.65. The molecule has 0 aromatic rings. The molecule has 1 N–H and O–H groups in total. The lowest BCUT2D eigenvalue weighted by molar-refractivity contribution is -0.152. The molecule has 0 amide bonds. The van der Waals surface area contributed by atoms with Gasteiger partial charge in [-0.2, -0.15) is 0 Å². The topological polar surface area (TPSA) is 72.8 Å². The number of methoxy groups -OCH3 is 1. The summed E-state index contributed by atoms with van der Waals surface area (Å²) >= 11 is 0. The van der Waals surface area contributed by atoms with Gasteiger partial charge in [0.2, 0.25) is 0 Å². The van der Waals surface area contributed by atoms with Gasteiger partial charge in [0, 0.05) is 12.7 Å². The Hall–Kier alpha value is -1.36. The zero-order valence-corrected chi connectivity index (χ0v) is 13.4. The number of carboxylic acid groups (broad SMARTS) is 1. The maximum Gasteiger partial charge on any atom is 0.334 e. The van der Waals surface area contributed by atoms with Crippen LogP contribution in [0.1, 0.15) is 52.9 Å². The number of carboxylic acids is 1. The van der Waals surface area contributed by atoms with Crippen LogP contribution >= 0.6 is 0 Å². The van der Waals surface area contributed by atoms with Gasteiger partial charge < -0.3 is 14.6 Å². The Bertz CT molecular complexity index is 411. The van der Waals surface area contributed by atoms with Gasteiger partial charge in [-0.05, 0) is 46.1 Å². The number of hydrogen-bond acceptors (Lipinski definition) is 4. The average molecular weight is 298 g/mol. The van der Waals surface area contributed by atoms with E-state index >= 15 is 0 Å². The number of esters is 1. The number of ether oxygens (including phenoxy) is 2. The van der Waals surface area contributed by atoms with Crippen molar-refractivity contribution in [3.8, 4) is 0 Å². The molecule has 0 aliphatic heterocycles. The molecule has 0 unspecified atom stereocenters. The van der Waals surface area contributed by atoms with Crippen LogP contribution in [0, 0.1) is 5.41 Å². The van der Waals surface area contributed by atoms with Crippen molar-refractivity contribution in [1.29, 1.82) is 0 Å². The molecule has 21 heavy (non-hydrogen) atoms. The van der Waals surface area contributed by atoms with Crippen molar-refractivity contribution in [2.24, 2.45) is 5.41 Å². The molecular formula is C16H26O5. The smallest absolute Gasteiger partial charge is 0.334 e. The molecule has 1 saturated carbocycles. The lowest BCUT2D eigenvalue weighted by Gasteiger charge is -2.26. The predicted molar refractivity (Wildman–Crippen MR) is 79.0 cm³/mol. The first-order chi connectivity index (χ1) is 9.70. The van der Waals surface area contributed by atoms with Crippen LogP contribution in [-0.4, -0.2) is 36.4 Å². The average Bonchev–Trinajstić information content (AvgIpc) is 2.82. The van der Waals surface area contributed by atoms with Crippen LogP contribution in [0.5, 0.6) is 0 Å². The molecule has 0 aromatic heterocycles. The van der Waals surface area contributed by atoms with E-state index in [0.29, 0.717) is 18.4 Å². The van der Waals surface area contributed by atoms with Crippen LogP contribution in [0.15, 0.2) is 11.6 Å². The maximum absolute atomic E-state index is 12.3. The highest BCUT2D eigenvalue weighted by molar-refractivity contribution is 5.90. The minimum absolute atomic E-state index is 0.209. The minimum atomic E-state index is -0.837. The third kappa shape index (κ3) is 5.16. The summed E-state index contributed by atoms with van der Waals surface area (Å²) in [5.41, 5.74) is -1.04. The number of rotatable bonds is 6. The highest BCUT2D eigenvalue weighted by Crippen LogP contribution is 2.43. The number of carbonyl (C=O) groups is 2. The fourth-order valence-corrected chi connectivity index (χ4v) is 2.64. The largest absolute Gasteiger partial charge is 0.481 e. The van der Waals surface area contributed by atoms with E-state index in [4.69, 9.17) is 9.47 Å². The Labute approximate surface area is 126 Å². The molecule has 0 saturated heterocycles. The first kappa shape index (κ1) is 17.7. The summed E-state index contributed by atoms with van der Waals surface area (Å²) in [4.78, 5) is 23.9. The molecule has 0 aromatic carbocycles. The van der Waals surface area contributed by atoms with E-state index < -0.39 is 23.0 Å². The number of aliphatic carboxylic acids is 1. The molecular weight excluding hydrogens is 272 g/mol. The first-order valence-electron chi connectivity index (χ1n) is 7.35. The molecule has 120 valence electrons. The summed E-state index contributed by atoms with van der Waals surface area (Å²) in [5.74, 6) is -1.28. The molecule has 0 radical (unpaired) electrons. The van der Waals surface area contributed by atoms with E-state index in [9.17, 15) is 14.7 Å². The van der Waals surface area contributed by atoms with E-state index in [0.717, 1.165) is 12.8 Å². The van der Waals surface area contributed by atoms with E-state index in [1.54, 1.807) is 26.8 Å². The summed E-state index contributed by atoms with van der Waals surface area (Å²) in [6, 6.07) is 0. The van der Waals surface area contributed by atoms with Gasteiger partial charge in [-0.15, -0.1) is 0 Å². The van der Waals surface area contributed by atoms with Gasteiger partial charge in [0.05, 0.1) is 12.0 Å². The van der Waals surface area contributed by atoms with Crippen LogP contribution in [0.4, 0.5) is 0 Å². The van der Waals surface area contributed by atoms with Gasteiger partial charge in [-0.3, -0.25) is 4.79 Å². The Balaban J connectivity index is 2.93. The zero-order chi connectivity index (χ0) is 16.1. The molecule has 1 aliphatic carbocycles. The standard InChI is InChI=1S/C16H26O5/c1-15(2,3)21-13(17)12(7-10-20-4)11-16(14(18)19)8-5-6-9-16/h7H,5-6,8-11H2,1-4H3,(H,18,19)/b12-7-. The summed E-state index contributed by atoms with van der Waals surface area (Å²) < 4.78 is 10.4. The van der Waals surface area contributed by atoms with Crippen molar-refractivity contribution >= 4 is 11.9 Å². The molecule has 1 rings (SSSR count). The second kappa shape index (κ2) is 7.07. The van der Waals surface area contributed by atoms with Crippen LogP contribution in [-0.2, 0) is 19.1 Å². The van der Waals surface area contributed by atoms with Gasteiger partial charge in [0.1, 0.15) is 5.60 Å². The van der Waals surface area contributed by atoms with Crippen LogP contribution < -0.4 is 0 Å². The maximum atomic E-state index is 12.3. The van der Waals surface area contributed by atoms with Crippen LogP contribution in [0.2, 0.25) is 0 Å². The van der Waals surface area contributed by atoms with Crippen molar-refractivity contribution in [1.82, 2.24) is 0 Å². The summed E-state index contributed by atoms with van der Waals surface area (Å²) in [6.07, 6.45) is 4.83. The van der Waals surface area contributed by atoms with Gasteiger partial charge in [-0.1, -0.05) is 12.8 Å². The Morgan fingerprint density at radius 2 is 1.81 bits per heavy atom. The van der Waals surface area contributed by atoms with Gasteiger partial charge in [-0.25, -0.2) is 4.79 Å². The normalized spacial score (nSPS) is 18.6. The van der Waals surface area contributed by atoms with E-state index in [2.05, 4.69) is 0 Å². The van der Waals surface area contributed by atoms with Crippen molar-refractivity contribution in [2.45, 2.75) is 58.5 Å². The van der Waals surface area contributed by atoms with Crippen molar-refractivity contribution < 1.29 is 24.2 Å². The minimum Gasteiger partial charge on any atom is -0.481 e. The van der Waals surface area contributed by atoms with Gasteiger partial charge >= 0.3 is 11.9 Å². The predicted octanol–water partition coefficient (Wildman–Crippen LogP) is 2.94. The zero-order valence-electron chi connectivity index (χ0n) is 13.4. The molecule has 1 aliphatic rings. The number of hydrogen-bond donors (Lipinski definition) is 1. The molecule has 0 heterocycles. The molecule has 5 nitrogen and oxygen atoms in total. The second-order valence-corrected chi connectivity index (χ2v) is 6.66. The summed E-state index contributed by atoms with van der Waals surface area (Å²) in [5, 5.41) is 9.54. The summed E-state index contributed by atoms with van der Waals surface area (Å²) in [7, 11) is 1.53. The highest BCUT2D eigenvalue weighted by Gasteiger charge is 2.43. The number of carbonyl (C=O) groups excluding carboxylic acids is 1. The van der Waals surface area contributed by atoms with E-state index in [-0.39, 0.29) is 13.0 Å². The third-order valence-corrected chi connectivity index (χ3v) is 3.70. The van der Waals surface area contributed by atoms with Gasteiger partial charge in [0.25, 0.3) is 0 Å². The lowest BCUT2D eigenvalue weighted by Crippen LogP contribution is -2.32. The quantitative estimate of drug-likeness (QED) is 0.603. The van der Waals surface area contributed by atoms with Crippen molar-refractivity contribution in [3.63, 3.8) is 0 Å². The van der Waals surface area contributed by atoms with Crippen LogP contribution in [0.25, 0.3) is 0 Å². The van der Waals surface area contributed by atoms with E-state index in [1.165, 1.54) is 7.11 Å². The Morgan fingerprint density at radius 1 is 1.24 bits per heavy atom. The van der Waals surface area contributed by atoms with Crippen molar-refractivity contribution in [2.75, 3.05) is 13.7 Å². The monoisotopic (exact) mass is 298 g/mol. The fourth-order valence-electron chi connectivity index (χ4n) is 2.64. The van der Waals surface area contributed by atoms with Crippen LogP contribution in [0.3, 0.4) is 0 Å². The first-order valence-corrected chi connectivity index (χ1v) is 7.35. The molecule has 1 fully saturated rings. The van der Waals surface area contributed by atoms with E-state index in [1.807, 2.05) is 0 Å². The third-order valence-electron chi connectivity index (χ3n) is 3.70. The Kier molecular flexibility index (Phi) is 5.96.